The van der Waals surface area contributed by atoms with E-state index in [0.29, 0.717) is 11.6 Å². The number of ether oxygens (including phenoxy) is 1. The van der Waals surface area contributed by atoms with Crippen molar-refractivity contribution in [3.05, 3.63) is 28.5 Å². The van der Waals surface area contributed by atoms with E-state index in [2.05, 4.69) is 31.4 Å². The summed E-state index contributed by atoms with van der Waals surface area (Å²) >= 11 is 3.42. The SMILES string of the molecule is COc1cc(Br)ccc1-c1nc(C2CCCCN2)no1. The zero-order valence-electron chi connectivity index (χ0n) is 11.2. The third kappa shape index (κ3) is 2.71. The molecule has 0 spiro atoms. The quantitative estimate of drug-likeness (QED) is 0.930. The van der Waals surface area contributed by atoms with Gasteiger partial charge in [0.25, 0.3) is 5.89 Å². The van der Waals surface area contributed by atoms with Gasteiger partial charge in [0.2, 0.25) is 0 Å². The van der Waals surface area contributed by atoms with Crippen molar-refractivity contribution in [2.75, 3.05) is 13.7 Å². The fourth-order valence-corrected chi connectivity index (χ4v) is 2.74. The summed E-state index contributed by atoms with van der Waals surface area (Å²) in [5.41, 5.74) is 0.810. The van der Waals surface area contributed by atoms with Crippen molar-refractivity contribution in [3.8, 4) is 17.2 Å². The van der Waals surface area contributed by atoms with Gasteiger partial charge < -0.3 is 14.6 Å². The Bertz CT molecular complexity index is 594. The minimum Gasteiger partial charge on any atom is -0.496 e. The second-order valence-electron chi connectivity index (χ2n) is 4.80. The maximum Gasteiger partial charge on any atom is 0.261 e. The lowest BCUT2D eigenvalue weighted by atomic mass is 10.0. The first-order valence-electron chi connectivity index (χ1n) is 6.69. The number of nitrogens with zero attached hydrogens (tertiary/aromatic N) is 2. The lowest BCUT2D eigenvalue weighted by Gasteiger charge is -2.19. The molecule has 0 aliphatic carbocycles. The normalized spacial score (nSPS) is 19.0. The van der Waals surface area contributed by atoms with Crippen molar-refractivity contribution in [2.45, 2.75) is 25.3 Å². The highest BCUT2D eigenvalue weighted by molar-refractivity contribution is 9.10. The largest absolute Gasteiger partial charge is 0.496 e. The van der Waals surface area contributed by atoms with Crippen LogP contribution in [0.5, 0.6) is 5.75 Å². The van der Waals surface area contributed by atoms with E-state index in [1.807, 2.05) is 18.2 Å². The van der Waals surface area contributed by atoms with E-state index in [0.717, 1.165) is 28.8 Å². The van der Waals surface area contributed by atoms with Gasteiger partial charge in [0.15, 0.2) is 5.82 Å². The monoisotopic (exact) mass is 337 g/mol. The molecule has 0 amide bonds. The lowest BCUT2D eigenvalue weighted by Crippen LogP contribution is -2.27. The van der Waals surface area contributed by atoms with Gasteiger partial charge in [0.05, 0.1) is 18.7 Å². The molecule has 0 saturated carbocycles. The Hall–Kier alpha value is -1.40. The van der Waals surface area contributed by atoms with E-state index in [1.54, 1.807) is 7.11 Å². The third-order valence-electron chi connectivity index (χ3n) is 3.46. The molecule has 1 aliphatic rings. The van der Waals surface area contributed by atoms with Gasteiger partial charge in [0.1, 0.15) is 5.75 Å². The average Bonchev–Trinajstić information content (AvgIpc) is 2.97. The second-order valence-corrected chi connectivity index (χ2v) is 5.72. The maximum absolute atomic E-state index is 5.39. The van der Waals surface area contributed by atoms with Crippen LogP contribution in [0.2, 0.25) is 0 Å². The molecule has 106 valence electrons. The first kappa shape index (κ1) is 13.6. The van der Waals surface area contributed by atoms with E-state index < -0.39 is 0 Å². The number of benzene rings is 1. The predicted molar refractivity (Wildman–Crippen MR) is 78.6 cm³/mol. The number of nitrogens with one attached hydrogen (secondary N) is 1. The van der Waals surface area contributed by atoms with Gasteiger partial charge in [0, 0.05) is 4.47 Å². The molecule has 0 radical (unpaired) electrons. The molecule has 20 heavy (non-hydrogen) atoms. The molecular weight excluding hydrogens is 322 g/mol. The van der Waals surface area contributed by atoms with Gasteiger partial charge in [-0.3, -0.25) is 0 Å². The van der Waals surface area contributed by atoms with E-state index in [4.69, 9.17) is 9.26 Å². The lowest BCUT2D eigenvalue weighted by molar-refractivity contribution is 0.365. The summed E-state index contributed by atoms with van der Waals surface area (Å²) in [6, 6.07) is 5.93. The van der Waals surface area contributed by atoms with Gasteiger partial charge in [-0.05, 0) is 37.6 Å². The Balaban J connectivity index is 1.89. The highest BCUT2D eigenvalue weighted by atomic mass is 79.9. The van der Waals surface area contributed by atoms with E-state index in [1.165, 1.54) is 12.8 Å². The average molecular weight is 338 g/mol. The number of aromatic nitrogens is 2. The fourth-order valence-electron chi connectivity index (χ4n) is 2.40. The molecule has 1 aromatic heterocycles. The second kappa shape index (κ2) is 5.93. The fraction of sp³-hybridized carbons (Fsp3) is 0.429. The molecule has 1 aliphatic heterocycles. The molecule has 3 rings (SSSR count). The van der Waals surface area contributed by atoms with Gasteiger partial charge in [-0.1, -0.05) is 27.5 Å². The summed E-state index contributed by atoms with van der Waals surface area (Å²) in [5.74, 6) is 1.94. The topological polar surface area (TPSA) is 60.2 Å². The molecule has 2 aromatic rings. The van der Waals surface area contributed by atoms with Crippen molar-refractivity contribution in [2.24, 2.45) is 0 Å². The van der Waals surface area contributed by atoms with Crippen LogP contribution >= 0.6 is 15.9 Å². The molecule has 6 heteroatoms. The van der Waals surface area contributed by atoms with Gasteiger partial charge in [-0.2, -0.15) is 4.98 Å². The number of halogens is 1. The van der Waals surface area contributed by atoms with Crippen molar-refractivity contribution >= 4 is 15.9 Å². The van der Waals surface area contributed by atoms with Crippen LogP contribution in [0.1, 0.15) is 31.1 Å². The highest BCUT2D eigenvalue weighted by Gasteiger charge is 2.22. The summed E-state index contributed by atoms with van der Waals surface area (Å²) in [4.78, 5) is 4.51. The van der Waals surface area contributed by atoms with E-state index in [9.17, 15) is 0 Å². The van der Waals surface area contributed by atoms with Crippen molar-refractivity contribution in [1.82, 2.24) is 15.5 Å². The zero-order valence-corrected chi connectivity index (χ0v) is 12.8. The number of hydrogen-bond donors (Lipinski definition) is 1. The summed E-state index contributed by atoms with van der Waals surface area (Å²) in [7, 11) is 1.63. The van der Waals surface area contributed by atoms with Gasteiger partial charge in [-0.15, -0.1) is 0 Å². The van der Waals surface area contributed by atoms with Crippen molar-refractivity contribution in [3.63, 3.8) is 0 Å². The van der Waals surface area contributed by atoms with Gasteiger partial charge in [-0.25, -0.2) is 0 Å². The summed E-state index contributed by atoms with van der Waals surface area (Å²) in [6.07, 6.45) is 3.46. The van der Waals surface area contributed by atoms with Gasteiger partial charge >= 0.3 is 0 Å². The van der Waals surface area contributed by atoms with Crippen molar-refractivity contribution in [1.29, 1.82) is 0 Å². The first-order chi connectivity index (χ1) is 9.78. The minimum absolute atomic E-state index is 0.197. The number of rotatable bonds is 3. The molecule has 2 heterocycles. The van der Waals surface area contributed by atoms with Crippen molar-refractivity contribution < 1.29 is 9.26 Å². The van der Waals surface area contributed by atoms with E-state index in [-0.39, 0.29) is 6.04 Å². The zero-order chi connectivity index (χ0) is 13.9. The van der Waals surface area contributed by atoms with Crippen LogP contribution in [0.4, 0.5) is 0 Å². The summed E-state index contributed by atoms with van der Waals surface area (Å²) in [6.45, 7) is 1.01. The third-order valence-corrected chi connectivity index (χ3v) is 3.95. The smallest absolute Gasteiger partial charge is 0.261 e. The van der Waals surface area contributed by atoms with Crippen LogP contribution in [0.15, 0.2) is 27.2 Å². The summed E-state index contributed by atoms with van der Waals surface area (Å²) in [5, 5.41) is 7.51. The molecular formula is C14H16BrN3O2. The molecule has 1 saturated heterocycles. The van der Waals surface area contributed by atoms with Crippen LogP contribution < -0.4 is 10.1 Å². The van der Waals surface area contributed by atoms with Crippen LogP contribution in [-0.2, 0) is 0 Å². The Morgan fingerprint density at radius 2 is 2.30 bits per heavy atom. The maximum atomic E-state index is 5.39. The number of hydrogen-bond acceptors (Lipinski definition) is 5. The number of piperidine rings is 1. The molecule has 1 N–H and O–H groups in total. The molecule has 1 unspecified atom stereocenters. The molecule has 0 bridgehead atoms. The first-order valence-corrected chi connectivity index (χ1v) is 7.48. The predicted octanol–water partition coefficient (Wildman–Crippen LogP) is 3.32. The summed E-state index contributed by atoms with van der Waals surface area (Å²) < 4.78 is 11.7. The molecule has 1 fully saturated rings. The molecule has 5 nitrogen and oxygen atoms in total. The van der Waals surface area contributed by atoms with Crippen LogP contribution in [0.3, 0.4) is 0 Å². The van der Waals surface area contributed by atoms with Crippen LogP contribution in [0, 0.1) is 0 Å². The van der Waals surface area contributed by atoms with E-state index >= 15 is 0 Å². The Kier molecular flexibility index (Phi) is 4.03. The highest BCUT2D eigenvalue weighted by Crippen LogP contribution is 2.32. The minimum atomic E-state index is 0.197. The Labute approximate surface area is 125 Å². The van der Waals surface area contributed by atoms with Crippen LogP contribution in [0.25, 0.3) is 11.5 Å². The Morgan fingerprint density at radius 3 is 3.05 bits per heavy atom. The Morgan fingerprint density at radius 1 is 1.40 bits per heavy atom. The van der Waals surface area contributed by atoms with Crippen LogP contribution in [-0.4, -0.2) is 23.8 Å². The molecule has 1 aromatic carbocycles. The standard InChI is InChI=1S/C14H16BrN3O2/c1-19-12-8-9(15)5-6-10(12)14-17-13(18-20-14)11-4-2-3-7-16-11/h5-6,8,11,16H,2-4,7H2,1H3. The molecule has 1 atom stereocenters. The number of methoxy groups -OCH3 is 1.